The largest absolute Gasteiger partial charge is 0.310 e. The molecule has 0 bridgehead atoms. The summed E-state index contributed by atoms with van der Waals surface area (Å²) in [5.41, 5.74) is 2.27. The van der Waals surface area contributed by atoms with Crippen LogP contribution in [0.1, 0.15) is 5.56 Å². The van der Waals surface area contributed by atoms with Crippen LogP contribution < -0.4 is 5.56 Å². The maximum atomic E-state index is 12.9. The first kappa shape index (κ1) is 15.3. The van der Waals surface area contributed by atoms with Gasteiger partial charge in [-0.15, -0.1) is 5.10 Å². The zero-order chi connectivity index (χ0) is 18.2. The van der Waals surface area contributed by atoms with Crippen LogP contribution in [0.15, 0.2) is 72.3 Å². The first-order valence-electron chi connectivity index (χ1n) is 8.34. The summed E-state index contributed by atoms with van der Waals surface area (Å²) in [6.07, 6.45) is 10.1. The van der Waals surface area contributed by atoms with Gasteiger partial charge in [0.1, 0.15) is 0 Å². The maximum absolute atomic E-state index is 12.9. The highest BCUT2D eigenvalue weighted by Gasteiger charge is 2.12. The van der Waals surface area contributed by atoms with Crippen LogP contribution in [-0.4, -0.2) is 34.1 Å². The van der Waals surface area contributed by atoms with Crippen LogP contribution in [-0.2, 0) is 6.54 Å². The molecule has 8 heteroatoms. The van der Waals surface area contributed by atoms with E-state index in [0.717, 1.165) is 11.1 Å². The molecule has 8 nitrogen and oxygen atoms in total. The molecule has 5 aromatic rings. The van der Waals surface area contributed by atoms with E-state index in [2.05, 4.69) is 25.0 Å². The Morgan fingerprint density at radius 1 is 0.963 bits per heavy atom. The predicted molar refractivity (Wildman–Crippen MR) is 99.1 cm³/mol. The Morgan fingerprint density at radius 3 is 2.59 bits per heavy atom. The van der Waals surface area contributed by atoms with Crippen LogP contribution in [0.3, 0.4) is 0 Å². The number of rotatable bonds is 3. The van der Waals surface area contributed by atoms with E-state index in [0.29, 0.717) is 29.0 Å². The molecule has 27 heavy (non-hydrogen) atoms. The molecule has 0 aliphatic rings. The minimum atomic E-state index is -0.135. The van der Waals surface area contributed by atoms with Gasteiger partial charge in [-0.2, -0.15) is 9.50 Å². The van der Waals surface area contributed by atoms with Gasteiger partial charge in [-0.25, -0.2) is 4.98 Å². The molecule has 130 valence electrons. The summed E-state index contributed by atoms with van der Waals surface area (Å²) >= 11 is 0. The molecule has 0 spiro atoms. The van der Waals surface area contributed by atoms with Crippen molar-refractivity contribution in [1.29, 1.82) is 0 Å². The van der Waals surface area contributed by atoms with Crippen molar-refractivity contribution >= 4 is 16.7 Å². The number of hydrogen-bond donors (Lipinski definition) is 0. The van der Waals surface area contributed by atoms with Crippen LogP contribution >= 0.6 is 0 Å². The van der Waals surface area contributed by atoms with Gasteiger partial charge in [0.05, 0.1) is 17.4 Å². The Morgan fingerprint density at radius 2 is 1.81 bits per heavy atom. The van der Waals surface area contributed by atoms with Gasteiger partial charge in [0.15, 0.2) is 5.82 Å². The van der Waals surface area contributed by atoms with E-state index in [1.807, 2.05) is 30.3 Å². The Labute approximate surface area is 152 Å². The SMILES string of the molecule is O=c1c2cnc3nc(-c4cccnc4)nn3c2ccn1Cc1cccnc1. The third kappa shape index (κ3) is 2.63. The molecule has 5 heterocycles. The molecule has 0 fully saturated rings. The van der Waals surface area contributed by atoms with Crippen molar-refractivity contribution in [2.24, 2.45) is 0 Å². The summed E-state index contributed by atoms with van der Waals surface area (Å²) in [4.78, 5) is 29.8. The summed E-state index contributed by atoms with van der Waals surface area (Å²) in [5, 5.41) is 4.99. The molecule has 5 aromatic heterocycles. The Hall–Kier alpha value is -3.94. The fourth-order valence-electron chi connectivity index (χ4n) is 2.99. The van der Waals surface area contributed by atoms with Gasteiger partial charge in [-0.1, -0.05) is 6.07 Å². The summed E-state index contributed by atoms with van der Waals surface area (Å²) in [6.45, 7) is 0.443. The first-order valence-corrected chi connectivity index (χ1v) is 8.34. The molecule has 0 aliphatic heterocycles. The van der Waals surface area contributed by atoms with Gasteiger partial charge < -0.3 is 4.57 Å². The zero-order valence-electron chi connectivity index (χ0n) is 14.1. The molecule has 0 aromatic carbocycles. The van der Waals surface area contributed by atoms with E-state index in [9.17, 15) is 4.79 Å². The minimum Gasteiger partial charge on any atom is -0.310 e. The average Bonchev–Trinajstić information content (AvgIpc) is 3.16. The normalized spacial score (nSPS) is 11.3. The molecule has 0 aliphatic carbocycles. The Kier molecular flexibility index (Phi) is 3.46. The van der Waals surface area contributed by atoms with Crippen molar-refractivity contribution in [2.75, 3.05) is 0 Å². The summed E-state index contributed by atoms with van der Waals surface area (Å²) in [7, 11) is 0. The first-order chi connectivity index (χ1) is 13.3. The average molecular weight is 355 g/mol. The Balaban J connectivity index is 1.65. The highest BCUT2D eigenvalue weighted by atomic mass is 16.1. The van der Waals surface area contributed by atoms with Crippen molar-refractivity contribution in [3.8, 4) is 11.4 Å². The number of hydrogen-bond acceptors (Lipinski definition) is 6. The molecule has 0 unspecified atom stereocenters. The van der Waals surface area contributed by atoms with Crippen LogP contribution in [0.5, 0.6) is 0 Å². The van der Waals surface area contributed by atoms with Crippen molar-refractivity contribution in [3.63, 3.8) is 0 Å². The van der Waals surface area contributed by atoms with E-state index in [-0.39, 0.29) is 5.56 Å². The predicted octanol–water partition coefficient (Wildman–Crippen LogP) is 1.94. The van der Waals surface area contributed by atoms with Gasteiger partial charge >= 0.3 is 0 Å². The standard InChI is InChI=1S/C19H13N7O/c27-18-15-11-22-19-23-17(14-4-2-7-21-10-14)24-26(19)16(15)5-8-25(18)12-13-3-1-6-20-9-13/h1-11H,12H2. The van der Waals surface area contributed by atoms with Gasteiger partial charge in [0.2, 0.25) is 0 Å². The maximum Gasteiger partial charge on any atom is 0.261 e. The molecule has 0 atom stereocenters. The lowest BCUT2D eigenvalue weighted by atomic mass is 10.2. The smallest absolute Gasteiger partial charge is 0.261 e. The molecule has 0 N–H and O–H groups in total. The quantitative estimate of drug-likeness (QED) is 0.491. The van der Waals surface area contributed by atoms with E-state index >= 15 is 0 Å². The molecule has 0 amide bonds. The number of nitrogens with zero attached hydrogens (tertiary/aromatic N) is 7. The van der Waals surface area contributed by atoms with Gasteiger partial charge in [-0.3, -0.25) is 14.8 Å². The van der Waals surface area contributed by atoms with Crippen LogP contribution in [0.25, 0.3) is 28.1 Å². The van der Waals surface area contributed by atoms with Gasteiger partial charge in [-0.05, 0) is 29.8 Å². The second-order valence-electron chi connectivity index (χ2n) is 6.06. The lowest BCUT2D eigenvalue weighted by Gasteiger charge is -2.07. The van der Waals surface area contributed by atoms with Crippen molar-refractivity contribution < 1.29 is 0 Å². The summed E-state index contributed by atoms with van der Waals surface area (Å²) in [6, 6.07) is 9.34. The summed E-state index contributed by atoms with van der Waals surface area (Å²) < 4.78 is 3.22. The molecule has 5 rings (SSSR count). The number of pyridine rings is 3. The molecule has 0 saturated carbocycles. The second-order valence-corrected chi connectivity index (χ2v) is 6.06. The van der Waals surface area contributed by atoms with E-state index in [1.54, 1.807) is 46.3 Å². The van der Waals surface area contributed by atoms with Crippen molar-refractivity contribution in [3.05, 3.63) is 83.4 Å². The van der Waals surface area contributed by atoms with Crippen LogP contribution in [0.2, 0.25) is 0 Å². The van der Waals surface area contributed by atoms with Gasteiger partial charge in [0.25, 0.3) is 11.3 Å². The molecule has 0 saturated heterocycles. The van der Waals surface area contributed by atoms with Gasteiger partial charge in [0, 0.05) is 42.7 Å². The highest BCUT2D eigenvalue weighted by Crippen LogP contribution is 2.17. The molecular formula is C19H13N7O. The highest BCUT2D eigenvalue weighted by molar-refractivity contribution is 5.79. The lowest BCUT2D eigenvalue weighted by molar-refractivity contribution is 0.762. The second kappa shape index (κ2) is 6.10. The third-order valence-electron chi connectivity index (χ3n) is 4.30. The minimum absolute atomic E-state index is 0.135. The summed E-state index contributed by atoms with van der Waals surface area (Å²) in [5.74, 6) is 0.952. The lowest BCUT2D eigenvalue weighted by Crippen LogP contribution is -2.21. The van der Waals surface area contributed by atoms with Crippen molar-refractivity contribution in [1.82, 2.24) is 34.1 Å². The molecular weight excluding hydrogens is 342 g/mol. The fraction of sp³-hybridized carbons (Fsp3) is 0.0526. The van der Waals surface area contributed by atoms with Crippen LogP contribution in [0.4, 0.5) is 0 Å². The van der Waals surface area contributed by atoms with Crippen molar-refractivity contribution in [2.45, 2.75) is 6.54 Å². The zero-order valence-corrected chi connectivity index (χ0v) is 14.1. The topological polar surface area (TPSA) is 90.9 Å². The Bertz CT molecular complexity index is 1310. The van der Waals surface area contributed by atoms with E-state index < -0.39 is 0 Å². The number of fused-ring (bicyclic) bond motifs is 3. The van der Waals surface area contributed by atoms with E-state index in [1.165, 1.54) is 0 Å². The number of aromatic nitrogens is 7. The third-order valence-corrected chi connectivity index (χ3v) is 4.30. The monoisotopic (exact) mass is 355 g/mol. The fourth-order valence-corrected chi connectivity index (χ4v) is 2.99. The van der Waals surface area contributed by atoms with E-state index in [4.69, 9.17) is 0 Å². The molecule has 0 radical (unpaired) electrons. The van der Waals surface area contributed by atoms with Crippen LogP contribution in [0, 0.1) is 0 Å².